The lowest BCUT2D eigenvalue weighted by Crippen LogP contribution is -2.19. The van der Waals surface area contributed by atoms with E-state index >= 15 is 0 Å². The molecular formula is C15H12BrN3O4. The summed E-state index contributed by atoms with van der Waals surface area (Å²) in [7, 11) is 0. The number of non-ortho nitro benzene ring substituents is 1. The lowest BCUT2D eigenvalue weighted by atomic mass is 10.1. The number of hydrogen-bond donors (Lipinski definition) is 2. The van der Waals surface area contributed by atoms with E-state index in [2.05, 4.69) is 26.5 Å². The zero-order valence-electron chi connectivity index (χ0n) is 11.8. The molecule has 2 rings (SSSR count). The molecule has 1 amide bonds. The second kappa shape index (κ2) is 7.50. The number of rotatable bonds is 5. The molecule has 118 valence electrons. The van der Waals surface area contributed by atoms with E-state index in [4.69, 9.17) is 0 Å². The molecular weight excluding hydrogens is 366 g/mol. The van der Waals surface area contributed by atoms with Crippen molar-refractivity contribution in [3.05, 3.63) is 68.2 Å². The molecule has 0 bridgehead atoms. The van der Waals surface area contributed by atoms with Gasteiger partial charge in [-0.05, 0) is 21.5 Å². The molecule has 2 N–H and O–H groups in total. The molecule has 0 fully saturated rings. The minimum atomic E-state index is -0.588. The van der Waals surface area contributed by atoms with Gasteiger partial charge in [-0.15, -0.1) is 0 Å². The van der Waals surface area contributed by atoms with E-state index in [1.165, 1.54) is 6.07 Å². The number of halogens is 1. The number of phenols is 1. The quantitative estimate of drug-likeness (QED) is 0.474. The molecule has 0 aliphatic rings. The lowest BCUT2D eigenvalue weighted by molar-refractivity contribution is -0.385. The van der Waals surface area contributed by atoms with Gasteiger partial charge < -0.3 is 5.11 Å². The van der Waals surface area contributed by atoms with Crippen molar-refractivity contribution >= 4 is 33.7 Å². The summed E-state index contributed by atoms with van der Waals surface area (Å²) in [5, 5.41) is 24.3. The third kappa shape index (κ3) is 4.62. The Labute approximate surface area is 139 Å². The van der Waals surface area contributed by atoms with Crippen molar-refractivity contribution < 1.29 is 14.8 Å². The van der Waals surface area contributed by atoms with E-state index in [1.807, 2.05) is 30.3 Å². The van der Waals surface area contributed by atoms with E-state index in [0.717, 1.165) is 17.8 Å². The van der Waals surface area contributed by atoms with Gasteiger partial charge in [-0.2, -0.15) is 5.10 Å². The molecule has 0 radical (unpaired) electrons. The molecule has 0 saturated heterocycles. The molecule has 2 aromatic carbocycles. The van der Waals surface area contributed by atoms with E-state index in [1.54, 1.807) is 0 Å². The fraction of sp³-hybridized carbons (Fsp3) is 0.0667. The van der Waals surface area contributed by atoms with Crippen LogP contribution in [0.4, 0.5) is 5.69 Å². The van der Waals surface area contributed by atoms with Gasteiger partial charge >= 0.3 is 0 Å². The topological polar surface area (TPSA) is 105 Å². The zero-order chi connectivity index (χ0) is 16.8. The first-order valence-electron chi connectivity index (χ1n) is 6.50. The maximum Gasteiger partial charge on any atom is 0.271 e. The number of benzene rings is 2. The van der Waals surface area contributed by atoms with E-state index < -0.39 is 4.92 Å². The first kappa shape index (κ1) is 16.6. The number of nitro benzene ring substituents is 1. The van der Waals surface area contributed by atoms with Crippen LogP contribution in [0.25, 0.3) is 0 Å². The Bertz CT molecular complexity index is 763. The number of aromatic hydroxyl groups is 1. The van der Waals surface area contributed by atoms with Crippen molar-refractivity contribution in [3.63, 3.8) is 0 Å². The number of carbonyl (C=O) groups is 1. The molecule has 7 nitrogen and oxygen atoms in total. The molecule has 2 aromatic rings. The monoisotopic (exact) mass is 377 g/mol. The predicted octanol–water partition coefficient (Wildman–Crippen LogP) is 2.76. The summed E-state index contributed by atoms with van der Waals surface area (Å²) in [6.45, 7) is 0. The highest BCUT2D eigenvalue weighted by Crippen LogP contribution is 2.31. The second-order valence-electron chi connectivity index (χ2n) is 4.58. The number of amides is 1. The highest BCUT2D eigenvalue weighted by atomic mass is 79.9. The van der Waals surface area contributed by atoms with Gasteiger partial charge in [0.1, 0.15) is 5.75 Å². The second-order valence-corrected chi connectivity index (χ2v) is 5.43. The minimum Gasteiger partial charge on any atom is -0.506 e. The number of nitro groups is 1. The van der Waals surface area contributed by atoms with E-state index in [9.17, 15) is 20.0 Å². The van der Waals surface area contributed by atoms with E-state index in [0.29, 0.717) is 0 Å². The van der Waals surface area contributed by atoms with Crippen LogP contribution < -0.4 is 5.43 Å². The average molecular weight is 378 g/mol. The summed E-state index contributed by atoms with van der Waals surface area (Å²) in [5.41, 5.74) is 3.06. The van der Waals surface area contributed by atoms with Gasteiger partial charge in [0.25, 0.3) is 5.69 Å². The zero-order valence-corrected chi connectivity index (χ0v) is 13.4. The lowest BCUT2D eigenvalue weighted by Gasteiger charge is -2.03. The summed E-state index contributed by atoms with van der Waals surface area (Å²) in [4.78, 5) is 21.9. The summed E-state index contributed by atoms with van der Waals surface area (Å²) in [6.07, 6.45) is 1.30. The van der Waals surface area contributed by atoms with Crippen molar-refractivity contribution in [2.75, 3.05) is 0 Å². The first-order chi connectivity index (χ1) is 11.0. The smallest absolute Gasteiger partial charge is 0.271 e. The molecule has 0 aliphatic heterocycles. The van der Waals surface area contributed by atoms with Crippen molar-refractivity contribution in [2.24, 2.45) is 5.10 Å². The molecule has 8 heteroatoms. The highest BCUT2D eigenvalue weighted by molar-refractivity contribution is 9.10. The van der Waals surface area contributed by atoms with Crippen LogP contribution in [-0.4, -0.2) is 22.2 Å². The average Bonchev–Trinajstić information content (AvgIpc) is 2.52. The Balaban J connectivity index is 2.05. The maximum absolute atomic E-state index is 11.7. The minimum absolute atomic E-state index is 0.117. The van der Waals surface area contributed by atoms with Crippen molar-refractivity contribution in [1.82, 2.24) is 5.43 Å². The summed E-state index contributed by atoms with van der Waals surface area (Å²) in [6, 6.07) is 11.5. The van der Waals surface area contributed by atoms with Crippen LogP contribution in [-0.2, 0) is 11.2 Å². The Kier molecular flexibility index (Phi) is 5.42. The van der Waals surface area contributed by atoms with Crippen LogP contribution in [0.15, 0.2) is 52.0 Å². The molecule has 0 atom stereocenters. The predicted molar refractivity (Wildman–Crippen MR) is 88.3 cm³/mol. The van der Waals surface area contributed by atoms with Crippen LogP contribution >= 0.6 is 15.9 Å². The number of hydrazone groups is 1. The molecule has 0 aliphatic carbocycles. The Morgan fingerprint density at radius 2 is 2.04 bits per heavy atom. The normalized spacial score (nSPS) is 10.7. The van der Waals surface area contributed by atoms with Crippen molar-refractivity contribution in [1.29, 1.82) is 0 Å². The van der Waals surface area contributed by atoms with Crippen LogP contribution in [0, 0.1) is 10.1 Å². The van der Waals surface area contributed by atoms with Gasteiger partial charge in [0, 0.05) is 17.7 Å². The Morgan fingerprint density at radius 3 is 2.70 bits per heavy atom. The van der Waals surface area contributed by atoms with Crippen LogP contribution in [0.1, 0.15) is 11.1 Å². The summed E-state index contributed by atoms with van der Waals surface area (Å²) in [5.74, 6) is -0.534. The summed E-state index contributed by atoms with van der Waals surface area (Å²) < 4.78 is 0.170. The molecule has 0 saturated carbocycles. The standard InChI is InChI=1S/C15H12BrN3O4/c16-13-8-12(19(22)23)7-11(15(13)21)9-17-18-14(20)6-10-4-2-1-3-5-10/h1-5,7-9,21H,6H2,(H,18,20). The number of nitrogens with one attached hydrogen (secondary N) is 1. The number of hydrogen-bond acceptors (Lipinski definition) is 5. The summed E-state index contributed by atoms with van der Waals surface area (Å²) >= 11 is 3.03. The fourth-order valence-corrected chi connectivity index (χ4v) is 2.27. The Morgan fingerprint density at radius 1 is 1.35 bits per heavy atom. The van der Waals surface area contributed by atoms with Crippen LogP contribution in [0.2, 0.25) is 0 Å². The molecule has 0 unspecified atom stereocenters. The van der Waals surface area contributed by atoms with Gasteiger partial charge in [0.15, 0.2) is 0 Å². The fourth-order valence-electron chi connectivity index (χ4n) is 1.80. The van der Waals surface area contributed by atoms with Gasteiger partial charge in [-0.3, -0.25) is 14.9 Å². The Hall–Kier alpha value is -2.74. The van der Waals surface area contributed by atoms with Crippen molar-refractivity contribution in [2.45, 2.75) is 6.42 Å². The highest BCUT2D eigenvalue weighted by Gasteiger charge is 2.13. The molecule has 23 heavy (non-hydrogen) atoms. The largest absolute Gasteiger partial charge is 0.506 e. The number of phenolic OH excluding ortho intramolecular Hbond substituents is 1. The number of nitrogens with zero attached hydrogens (tertiary/aromatic N) is 2. The van der Waals surface area contributed by atoms with Crippen molar-refractivity contribution in [3.8, 4) is 5.75 Å². The van der Waals surface area contributed by atoms with Gasteiger partial charge in [-0.25, -0.2) is 5.43 Å². The van der Waals surface area contributed by atoms with Crippen LogP contribution in [0.3, 0.4) is 0 Å². The maximum atomic E-state index is 11.7. The van der Waals surface area contributed by atoms with Gasteiger partial charge in [-0.1, -0.05) is 30.3 Å². The molecule has 0 aromatic heterocycles. The molecule has 0 heterocycles. The first-order valence-corrected chi connectivity index (χ1v) is 7.29. The number of carbonyl (C=O) groups excluding carboxylic acids is 1. The van der Waals surface area contributed by atoms with E-state index in [-0.39, 0.29) is 33.8 Å². The van der Waals surface area contributed by atoms with Gasteiger partial charge in [0.2, 0.25) is 5.91 Å². The SMILES string of the molecule is O=C(Cc1ccccc1)NN=Cc1cc([N+](=O)[O-])cc(Br)c1O. The van der Waals surface area contributed by atoms with Gasteiger partial charge in [0.05, 0.1) is 22.0 Å². The van der Waals surface area contributed by atoms with Crippen LogP contribution in [0.5, 0.6) is 5.75 Å². The third-order valence-electron chi connectivity index (χ3n) is 2.89. The third-order valence-corrected chi connectivity index (χ3v) is 3.49. The molecule has 0 spiro atoms.